The molecule has 220 valence electrons. The zero-order chi connectivity index (χ0) is 30.2. The number of esters is 2. The maximum Gasteiger partial charge on any atom is 0.343 e. The summed E-state index contributed by atoms with van der Waals surface area (Å²) in [5.74, 6) is -2.26. The van der Waals surface area contributed by atoms with Crippen molar-refractivity contribution in [3.8, 4) is 17.2 Å². The van der Waals surface area contributed by atoms with E-state index >= 15 is 0 Å². The number of methoxy groups -OCH3 is 2. The maximum atomic E-state index is 12.8. The molecule has 0 spiro atoms. The molecule has 11 nitrogen and oxygen atoms in total. The number of hydrogen-bond acceptors (Lipinski definition) is 10. The second-order valence-corrected chi connectivity index (χ2v) is 11.0. The maximum absolute atomic E-state index is 12.8. The molecular weight excluding hydrogens is 630 g/mol. The topological polar surface area (TPSA) is 142 Å². The van der Waals surface area contributed by atoms with Gasteiger partial charge in [-0.1, -0.05) is 15.9 Å². The molecule has 42 heavy (non-hydrogen) atoms. The first-order valence-corrected chi connectivity index (χ1v) is 14.6. The SMILES string of the molecule is CCOC(=O)c1c(NC(=O)C(=O)NN=Cc2cc(Br)ccc2OC(=O)c2ccc(OC)c(OC)c2)sc2c1CCCC2. The Morgan fingerprint density at radius 2 is 1.69 bits per heavy atom. The molecule has 0 aliphatic heterocycles. The van der Waals surface area contributed by atoms with Crippen molar-refractivity contribution >= 4 is 62.2 Å². The number of hydrazone groups is 1. The fraction of sp³-hybridized carbons (Fsp3) is 0.276. The normalized spacial score (nSPS) is 12.3. The number of fused-ring (bicyclic) bond motifs is 1. The van der Waals surface area contributed by atoms with Gasteiger partial charge in [0.25, 0.3) is 0 Å². The zero-order valence-corrected chi connectivity index (χ0v) is 25.5. The molecule has 0 atom stereocenters. The van der Waals surface area contributed by atoms with Crippen molar-refractivity contribution in [2.45, 2.75) is 32.6 Å². The molecule has 2 N–H and O–H groups in total. The molecular formula is C29H28BrN3O8S. The van der Waals surface area contributed by atoms with E-state index in [2.05, 4.69) is 31.8 Å². The lowest BCUT2D eigenvalue weighted by molar-refractivity contribution is -0.136. The van der Waals surface area contributed by atoms with Crippen LogP contribution in [0, 0.1) is 0 Å². The first-order chi connectivity index (χ1) is 20.2. The number of anilines is 1. The highest BCUT2D eigenvalue weighted by molar-refractivity contribution is 9.10. The summed E-state index contributed by atoms with van der Waals surface area (Å²) < 4.78 is 21.8. The second kappa shape index (κ2) is 14.1. The summed E-state index contributed by atoms with van der Waals surface area (Å²) in [5, 5.41) is 6.68. The van der Waals surface area contributed by atoms with Gasteiger partial charge in [0, 0.05) is 14.9 Å². The summed E-state index contributed by atoms with van der Waals surface area (Å²) >= 11 is 4.63. The Morgan fingerprint density at radius 3 is 2.43 bits per heavy atom. The number of benzene rings is 2. The van der Waals surface area contributed by atoms with E-state index in [0.717, 1.165) is 29.7 Å². The average molecular weight is 659 g/mol. The molecule has 0 fully saturated rings. The minimum Gasteiger partial charge on any atom is -0.493 e. The summed E-state index contributed by atoms with van der Waals surface area (Å²) in [6.45, 7) is 1.89. The largest absolute Gasteiger partial charge is 0.493 e. The van der Waals surface area contributed by atoms with E-state index in [1.807, 2.05) is 0 Å². The van der Waals surface area contributed by atoms with Crippen molar-refractivity contribution in [2.75, 3.05) is 26.1 Å². The van der Waals surface area contributed by atoms with Crippen molar-refractivity contribution in [3.63, 3.8) is 0 Å². The first kappa shape index (κ1) is 30.7. The summed E-state index contributed by atoms with van der Waals surface area (Å²) in [6.07, 6.45) is 4.66. The smallest absolute Gasteiger partial charge is 0.343 e. The number of ether oxygens (including phenoxy) is 4. The van der Waals surface area contributed by atoms with Gasteiger partial charge in [-0.15, -0.1) is 11.3 Å². The van der Waals surface area contributed by atoms with Crippen LogP contribution in [0.3, 0.4) is 0 Å². The second-order valence-electron chi connectivity index (χ2n) is 8.93. The Kier molecular flexibility index (Phi) is 10.3. The lowest BCUT2D eigenvalue weighted by Gasteiger charge is -2.12. The monoisotopic (exact) mass is 657 g/mol. The number of nitrogens with zero attached hydrogens (tertiary/aromatic N) is 1. The van der Waals surface area contributed by atoms with Crippen LogP contribution in [0.5, 0.6) is 17.2 Å². The number of halogens is 1. The molecule has 1 aromatic heterocycles. The van der Waals surface area contributed by atoms with Gasteiger partial charge in [0.05, 0.1) is 38.2 Å². The van der Waals surface area contributed by atoms with Gasteiger partial charge >= 0.3 is 23.8 Å². The van der Waals surface area contributed by atoms with Crippen LogP contribution in [-0.2, 0) is 27.2 Å². The number of rotatable bonds is 9. The summed E-state index contributed by atoms with van der Waals surface area (Å²) in [4.78, 5) is 51.7. The van der Waals surface area contributed by atoms with Crippen LogP contribution in [-0.4, -0.2) is 50.8 Å². The third kappa shape index (κ3) is 7.15. The van der Waals surface area contributed by atoms with E-state index < -0.39 is 23.8 Å². The van der Waals surface area contributed by atoms with Crippen molar-refractivity contribution in [1.82, 2.24) is 5.43 Å². The van der Waals surface area contributed by atoms with E-state index in [9.17, 15) is 19.2 Å². The number of amides is 2. The zero-order valence-electron chi connectivity index (χ0n) is 23.1. The van der Waals surface area contributed by atoms with Crippen molar-refractivity contribution in [2.24, 2.45) is 5.10 Å². The van der Waals surface area contributed by atoms with Crippen LogP contribution in [0.1, 0.15) is 56.5 Å². The van der Waals surface area contributed by atoms with Gasteiger partial charge in [-0.2, -0.15) is 5.10 Å². The van der Waals surface area contributed by atoms with Crippen molar-refractivity contribution in [3.05, 3.63) is 68.0 Å². The summed E-state index contributed by atoms with van der Waals surface area (Å²) in [6, 6.07) is 9.45. The fourth-order valence-electron chi connectivity index (χ4n) is 4.28. The van der Waals surface area contributed by atoms with Gasteiger partial charge in [0.2, 0.25) is 0 Å². The lowest BCUT2D eigenvalue weighted by atomic mass is 9.95. The molecule has 0 unspecified atom stereocenters. The van der Waals surface area contributed by atoms with Gasteiger partial charge < -0.3 is 24.3 Å². The van der Waals surface area contributed by atoms with E-state index in [0.29, 0.717) is 33.5 Å². The molecule has 0 bridgehead atoms. The minimum atomic E-state index is -1.05. The number of nitrogens with one attached hydrogen (secondary N) is 2. The molecule has 2 amide bonds. The molecule has 1 aliphatic rings. The third-order valence-corrected chi connectivity index (χ3v) is 7.95. The quantitative estimate of drug-likeness (QED) is 0.109. The standard InChI is InChI=1S/C29H28BrN3O8S/c1-4-40-29(37)24-19-7-5-6-8-23(19)42-27(24)32-25(34)26(35)33-31-15-17-13-18(30)10-12-20(17)41-28(36)16-9-11-21(38-2)22(14-16)39-3/h9-15H,4-8H2,1-3H3,(H,32,34)(H,33,35). The van der Waals surface area contributed by atoms with Crippen LogP contribution >= 0.6 is 27.3 Å². The molecule has 1 heterocycles. The Balaban J connectivity index is 1.45. The van der Waals surface area contributed by atoms with Crippen molar-refractivity contribution in [1.29, 1.82) is 0 Å². The number of hydrogen-bond donors (Lipinski definition) is 2. The Hall–Kier alpha value is -4.23. The Labute approximate surface area is 254 Å². The highest BCUT2D eigenvalue weighted by atomic mass is 79.9. The predicted octanol–water partition coefficient (Wildman–Crippen LogP) is 4.89. The molecule has 3 aromatic rings. The first-order valence-electron chi connectivity index (χ1n) is 13.0. The van der Waals surface area contributed by atoms with E-state index in [4.69, 9.17) is 18.9 Å². The molecule has 0 saturated carbocycles. The van der Waals surface area contributed by atoms with Gasteiger partial charge in [-0.3, -0.25) is 9.59 Å². The van der Waals surface area contributed by atoms with Gasteiger partial charge in [-0.25, -0.2) is 15.0 Å². The van der Waals surface area contributed by atoms with Crippen LogP contribution in [0.25, 0.3) is 0 Å². The predicted molar refractivity (Wildman–Crippen MR) is 160 cm³/mol. The summed E-state index contributed by atoms with van der Waals surface area (Å²) in [5.41, 5.74) is 3.90. The molecule has 0 radical (unpaired) electrons. The van der Waals surface area contributed by atoms with Crippen LogP contribution < -0.4 is 25.0 Å². The number of carbonyl (C=O) groups is 4. The van der Waals surface area contributed by atoms with Gasteiger partial charge in [0.1, 0.15) is 10.8 Å². The van der Waals surface area contributed by atoms with E-state index in [-0.39, 0.29) is 22.9 Å². The molecule has 2 aromatic carbocycles. The Bertz CT molecular complexity index is 1550. The van der Waals surface area contributed by atoms with Gasteiger partial charge in [-0.05, 0) is 74.6 Å². The van der Waals surface area contributed by atoms with Crippen LogP contribution in [0.4, 0.5) is 5.00 Å². The molecule has 13 heteroatoms. The fourth-order valence-corrected chi connectivity index (χ4v) is 5.93. The number of thiophene rings is 1. The molecule has 0 saturated heterocycles. The van der Waals surface area contributed by atoms with Crippen LogP contribution in [0.2, 0.25) is 0 Å². The van der Waals surface area contributed by atoms with Crippen LogP contribution in [0.15, 0.2) is 46.0 Å². The molecule has 1 aliphatic carbocycles. The van der Waals surface area contributed by atoms with Gasteiger partial charge in [0.15, 0.2) is 11.5 Å². The third-order valence-electron chi connectivity index (χ3n) is 6.25. The highest BCUT2D eigenvalue weighted by Crippen LogP contribution is 2.38. The van der Waals surface area contributed by atoms with Crippen molar-refractivity contribution < 1.29 is 38.1 Å². The lowest BCUT2D eigenvalue weighted by Crippen LogP contribution is -2.32. The number of carbonyl (C=O) groups excluding carboxylic acids is 4. The summed E-state index contributed by atoms with van der Waals surface area (Å²) in [7, 11) is 2.94. The van der Waals surface area contributed by atoms with E-state index in [1.54, 1.807) is 31.2 Å². The minimum absolute atomic E-state index is 0.156. The van der Waals surface area contributed by atoms with E-state index in [1.165, 1.54) is 43.9 Å². The number of aryl methyl sites for hydroxylation is 1. The Morgan fingerprint density at radius 1 is 0.952 bits per heavy atom. The average Bonchev–Trinajstić information content (AvgIpc) is 3.35. The molecule has 4 rings (SSSR count). The highest BCUT2D eigenvalue weighted by Gasteiger charge is 2.28.